The molecular formula is C18H13Cl2N. The Bertz CT molecular complexity index is 820. The van der Waals surface area contributed by atoms with Crippen molar-refractivity contribution in [2.24, 2.45) is 0 Å². The van der Waals surface area contributed by atoms with E-state index < -0.39 is 0 Å². The average Bonchev–Trinajstić information content (AvgIpc) is 2.47. The van der Waals surface area contributed by atoms with Crippen LogP contribution in [0.25, 0.3) is 23.1 Å². The Hall–Kier alpha value is -1.83. The zero-order chi connectivity index (χ0) is 14.8. The maximum Gasteiger partial charge on any atom is 0.0725 e. The van der Waals surface area contributed by atoms with Gasteiger partial charge in [-0.05, 0) is 42.8 Å². The van der Waals surface area contributed by atoms with Crippen LogP contribution in [0.1, 0.15) is 16.8 Å². The van der Waals surface area contributed by atoms with E-state index in [2.05, 4.69) is 36.2 Å². The number of hydrogen-bond acceptors (Lipinski definition) is 1. The molecule has 1 aromatic heterocycles. The maximum atomic E-state index is 6.30. The number of aryl methyl sites for hydroxylation is 1. The molecule has 0 aliphatic carbocycles. The average molecular weight is 314 g/mol. The van der Waals surface area contributed by atoms with Gasteiger partial charge in [-0.1, -0.05) is 59.1 Å². The fourth-order valence-electron chi connectivity index (χ4n) is 2.12. The zero-order valence-corrected chi connectivity index (χ0v) is 13.0. The summed E-state index contributed by atoms with van der Waals surface area (Å²) in [4.78, 5) is 4.58. The van der Waals surface area contributed by atoms with Gasteiger partial charge in [0.05, 0.1) is 16.2 Å². The molecule has 104 valence electrons. The molecule has 2 aromatic carbocycles. The van der Waals surface area contributed by atoms with Crippen LogP contribution in [0.3, 0.4) is 0 Å². The molecule has 0 spiro atoms. The Morgan fingerprint density at radius 2 is 1.67 bits per heavy atom. The molecule has 0 aliphatic rings. The third-order valence-corrected chi connectivity index (χ3v) is 3.81. The molecule has 0 amide bonds. The van der Waals surface area contributed by atoms with E-state index in [1.165, 1.54) is 5.56 Å². The van der Waals surface area contributed by atoms with Gasteiger partial charge in [-0.15, -0.1) is 0 Å². The number of nitrogens with zero attached hydrogens (tertiary/aromatic N) is 1. The summed E-state index contributed by atoms with van der Waals surface area (Å²) < 4.78 is 0. The van der Waals surface area contributed by atoms with Crippen molar-refractivity contribution in [3.63, 3.8) is 0 Å². The minimum Gasteiger partial charge on any atom is -0.248 e. The van der Waals surface area contributed by atoms with Crippen molar-refractivity contribution < 1.29 is 0 Å². The van der Waals surface area contributed by atoms with Gasteiger partial charge in [-0.25, -0.2) is 4.98 Å². The van der Waals surface area contributed by atoms with Gasteiger partial charge in [0.15, 0.2) is 0 Å². The normalized spacial score (nSPS) is 11.4. The van der Waals surface area contributed by atoms with Crippen LogP contribution in [-0.2, 0) is 0 Å². The van der Waals surface area contributed by atoms with Crippen molar-refractivity contribution >= 4 is 46.3 Å². The molecule has 3 aromatic rings. The molecule has 1 heterocycles. The molecule has 0 bridgehead atoms. The van der Waals surface area contributed by atoms with Crippen LogP contribution in [0, 0.1) is 6.92 Å². The van der Waals surface area contributed by atoms with Gasteiger partial charge in [-0.3, -0.25) is 0 Å². The summed E-state index contributed by atoms with van der Waals surface area (Å²) in [5, 5.41) is 2.19. The first kappa shape index (κ1) is 14.1. The molecule has 0 saturated carbocycles. The van der Waals surface area contributed by atoms with E-state index in [0.29, 0.717) is 10.0 Å². The van der Waals surface area contributed by atoms with Crippen molar-refractivity contribution in [2.75, 3.05) is 0 Å². The number of benzene rings is 2. The minimum atomic E-state index is 0.658. The molecule has 3 heteroatoms. The molecule has 1 nitrogen and oxygen atoms in total. The fourth-order valence-corrected chi connectivity index (χ4v) is 2.56. The Morgan fingerprint density at radius 3 is 2.43 bits per heavy atom. The van der Waals surface area contributed by atoms with Crippen LogP contribution in [0.15, 0.2) is 48.5 Å². The lowest BCUT2D eigenvalue weighted by Gasteiger charge is -2.03. The van der Waals surface area contributed by atoms with Crippen molar-refractivity contribution in [3.05, 3.63) is 75.4 Å². The molecular weight excluding hydrogens is 301 g/mol. The molecule has 0 N–H and O–H groups in total. The van der Waals surface area contributed by atoms with E-state index in [9.17, 15) is 0 Å². The van der Waals surface area contributed by atoms with E-state index in [1.807, 2.05) is 36.4 Å². The van der Waals surface area contributed by atoms with Crippen molar-refractivity contribution in [3.8, 4) is 0 Å². The van der Waals surface area contributed by atoms with Crippen molar-refractivity contribution in [2.45, 2.75) is 6.92 Å². The fraction of sp³-hybridized carbons (Fsp3) is 0.0556. The van der Waals surface area contributed by atoms with Gasteiger partial charge in [-0.2, -0.15) is 0 Å². The van der Waals surface area contributed by atoms with Crippen molar-refractivity contribution in [1.29, 1.82) is 0 Å². The Kier molecular flexibility index (Phi) is 3.96. The molecule has 0 saturated heterocycles. The zero-order valence-electron chi connectivity index (χ0n) is 11.5. The SMILES string of the molecule is Cc1ccc(/C=C/c2cc(Cl)c3cc(Cl)ccc3n2)cc1. The van der Waals surface area contributed by atoms with Gasteiger partial charge in [0, 0.05) is 10.4 Å². The van der Waals surface area contributed by atoms with Gasteiger partial charge in [0.1, 0.15) is 0 Å². The first-order chi connectivity index (χ1) is 10.1. The first-order valence-electron chi connectivity index (χ1n) is 6.62. The molecule has 3 rings (SSSR count). The predicted molar refractivity (Wildman–Crippen MR) is 91.9 cm³/mol. The Morgan fingerprint density at radius 1 is 0.905 bits per heavy atom. The summed E-state index contributed by atoms with van der Waals surface area (Å²) in [5.74, 6) is 0. The Labute approximate surface area is 133 Å². The highest BCUT2D eigenvalue weighted by atomic mass is 35.5. The van der Waals surface area contributed by atoms with E-state index in [-0.39, 0.29) is 0 Å². The van der Waals surface area contributed by atoms with E-state index >= 15 is 0 Å². The highest BCUT2D eigenvalue weighted by molar-refractivity contribution is 6.36. The summed E-state index contributed by atoms with van der Waals surface area (Å²) in [6.45, 7) is 2.07. The lowest BCUT2D eigenvalue weighted by molar-refractivity contribution is 1.37. The third kappa shape index (κ3) is 3.26. The number of hydrogen-bond donors (Lipinski definition) is 0. The smallest absolute Gasteiger partial charge is 0.0725 e. The molecule has 0 fully saturated rings. The molecule has 0 radical (unpaired) electrons. The Balaban J connectivity index is 1.97. The summed E-state index contributed by atoms with van der Waals surface area (Å²) in [6.07, 6.45) is 3.99. The number of fused-ring (bicyclic) bond motifs is 1. The number of rotatable bonds is 2. The minimum absolute atomic E-state index is 0.658. The van der Waals surface area contributed by atoms with Crippen LogP contribution < -0.4 is 0 Å². The highest BCUT2D eigenvalue weighted by Gasteiger charge is 2.03. The van der Waals surface area contributed by atoms with Crippen LogP contribution in [0.5, 0.6) is 0 Å². The van der Waals surface area contributed by atoms with E-state index in [0.717, 1.165) is 22.2 Å². The highest BCUT2D eigenvalue weighted by Crippen LogP contribution is 2.26. The van der Waals surface area contributed by atoms with E-state index in [4.69, 9.17) is 23.2 Å². The van der Waals surface area contributed by atoms with Crippen LogP contribution in [0.2, 0.25) is 10.0 Å². The molecule has 0 aliphatic heterocycles. The molecule has 0 unspecified atom stereocenters. The summed E-state index contributed by atoms with van der Waals surface area (Å²) >= 11 is 12.3. The monoisotopic (exact) mass is 313 g/mol. The second kappa shape index (κ2) is 5.88. The largest absolute Gasteiger partial charge is 0.248 e. The molecule has 0 atom stereocenters. The van der Waals surface area contributed by atoms with Crippen LogP contribution in [0.4, 0.5) is 0 Å². The lowest BCUT2D eigenvalue weighted by Crippen LogP contribution is -1.85. The quantitative estimate of drug-likeness (QED) is 0.563. The lowest BCUT2D eigenvalue weighted by atomic mass is 10.1. The number of halogens is 2. The predicted octanol–water partition coefficient (Wildman–Crippen LogP) is 6.02. The van der Waals surface area contributed by atoms with Gasteiger partial charge in [0.2, 0.25) is 0 Å². The third-order valence-electron chi connectivity index (χ3n) is 3.26. The maximum absolute atomic E-state index is 6.30. The van der Waals surface area contributed by atoms with Crippen molar-refractivity contribution in [1.82, 2.24) is 4.98 Å². The summed E-state index contributed by atoms with van der Waals surface area (Å²) in [7, 11) is 0. The topological polar surface area (TPSA) is 12.9 Å². The first-order valence-corrected chi connectivity index (χ1v) is 7.38. The van der Waals surface area contributed by atoms with Crippen LogP contribution in [-0.4, -0.2) is 4.98 Å². The number of aromatic nitrogens is 1. The van der Waals surface area contributed by atoms with Gasteiger partial charge in [0.25, 0.3) is 0 Å². The van der Waals surface area contributed by atoms with E-state index in [1.54, 1.807) is 0 Å². The van der Waals surface area contributed by atoms with Gasteiger partial charge >= 0.3 is 0 Å². The van der Waals surface area contributed by atoms with Crippen LogP contribution >= 0.6 is 23.2 Å². The standard InChI is InChI=1S/C18H13Cl2N/c1-12-2-4-13(5-3-12)6-8-15-11-17(20)16-10-14(19)7-9-18(16)21-15/h2-11H,1H3/b8-6+. The summed E-state index contributed by atoms with van der Waals surface area (Å²) in [6, 6.07) is 15.7. The number of pyridine rings is 1. The second-order valence-corrected chi connectivity index (χ2v) is 5.78. The van der Waals surface area contributed by atoms with Gasteiger partial charge < -0.3 is 0 Å². The summed E-state index contributed by atoms with van der Waals surface area (Å²) in [5.41, 5.74) is 4.05. The second-order valence-electron chi connectivity index (χ2n) is 4.93. The molecule has 21 heavy (non-hydrogen) atoms.